The summed E-state index contributed by atoms with van der Waals surface area (Å²) in [5, 5.41) is 0. The van der Waals surface area contributed by atoms with Gasteiger partial charge in [0.15, 0.2) is 0 Å². The summed E-state index contributed by atoms with van der Waals surface area (Å²) in [6.07, 6.45) is 0.683. The third-order valence-corrected chi connectivity index (χ3v) is 6.00. The van der Waals surface area contributed by atoms with Crippen LogP contribution >= 0.6 is 0 Å². The molecule has 2 aromatic rings. The van der Waals surface area contributed by atoms with Crippen LogP contribution in [0.2, 0.25) is 0 Å². The van der Waals surface area contributed by atoms with Crippen LogP contribution < -0.4 is 10.3 Å². The maximum atomic E-state index is 12.8. The Morgan fingerprint density at radius 1 is 1.07 bits per heavy atom. The third kappa shape index (κ3) is 3.78. The van der Waals surface area contributed by atoms with Crippen molar-refractivity contribution in [1.82, 2.24) is 4.57 Å². The van der Waals surface area contributed by atoms with Crippen molar-refractivity contribution in [3.63, 3.8) is 0 Å². The summed E-state index contributed by atoms with van der Waals surface area (Å²) in [5.74, 6) is 0.612. The van der Waals surface area contributed by atoms with E-state index in [-0.39, 0.29) is 17.8 Å². The van der Waals surface area contributed by atoms with Gasteiger partial charge < -0.3 is 28.3 Å². The van der Waals surface area contributed by atoms with E-state index in [0.717, 1.165) is 28.8 Å². The van der Waals surface area contributed by atoms with Gasteiger partial charge in [0.2, 0.25) is 0 Å². The van der Waals surface area contributed by atoms with Gasteiger partial charge in [-0.1, -0.05) is 18.2 Å². The molecule has 7 nitrogen and oxygen atoms in total. The molecule has 0 bridgehead atoms. The van der Waals surface area contributed by atoms with Gasteiger partial charge >= 0.3 is 0 Å². The predicted molar refractivity (Wildman–Crippen MR) is 110 cm³/mol. The van der Waals surface area contributed by atoms with E-state index in [4.69, 9.17) is 23.7 Å². The molecule has 0 saturated carbocycles. The summed E-state index contributed by atoms with van der Waals surface area (Å²) >= 11 is 0. The van der Waals surface area contributed by atoms with Gasteiger partial charge in [0.25, 0.3) is 5.56 Å². The highest BCUT2D eigenvalue weighted by atomic mass is 16.6. The highest BCUT2D eigenvalue weighted by Gasteiger charge is 2.25. The summed E-state index contributed by atoms with van der Waals surface area (Å²) in [6.45, 7) is 6.60. The molecule has 0 N–H and O–H groups in total. The Bertz CT molecular complexity index is 972. The minimum absolute atomic E-state index is 0.0263. The van der Waals surface area contributed by atoms with E-state index in [1.165, 1.54) is 5.56 Å². The van der Waals surface area contributed by atoms with Crippen LogP contribution in [0.4, 0.5) is 0 Å². The molecular formula is C23H27NO6. The SMILES string of the molecule is Cc1c(OC[C@@H]2COCCO2)cc(=O)n2c1-c1ccc(C3COCCO3)cc1CC2. The van der Waals surface area contributed by atoms with Crippen LogP contribution in [0.25, 0.3) is 11.3 Å². The number of rotatable bonds is 4. The average molecular weight is 413 g/mol. The zero-order chi connectivity index (χ0) is 20.5. The number of hydrogen-bond donors (Lipinski definition) is 0. The molecule has 4 heterocycles. The van der Waals surface area contributed by atoms with Gasteiger partial charge in [-0.15, -0.1) is 0 Å². The Labute approximate surface area is 175 Å². The molecule has 5 rings (SSSR count). The molecule has 30 heavy (non-hydrogen) atoms. The largest absolute Gasteiger partial charge is 0.490 e. The maximum Gasteiger partial charge on any atom is 0.254 e. The Morgan fingerprint density at radius 3 is 2.67 bits per heavy atom. The van der Waals surface area contributed by atoms with Crippen LogP contribution in [0.5, 0.6) is 5.75 Å². The average Bonchev–Trinajstić information content (AvgIpc) is 2.80. The summed E-state index contributed by atoms with van der Waals surface area (Å²) in [7, 11) is 0. The molecule has 2 atom stereocenters. The van der Waals surface area contributed by atoms with Gasteiger partial charge in [-0.2, -0.15) is 0 Å². The molecular weight excluding hydrogens is 386 g/mol. The fourth-order valence-electron chi connectivity index (χ4n) is 4.43. The van der Waals surface area contributed by atoms with Gasteiger partial charge in [0.1, 0.15) is 24.6 Å². The molecule has 3 aliphatic heterocycles. The molecule has 1 aromatic carbocycles. The number of fused-ring (bicyclic) bond motifs is 3. The van der Waals surface area contributed by atoms with Gasteiger partial charge in [-0.3, -0.25) is 4.79 Å². The Hall–Kier alpha value is -2.19. The highest BCUT2D eigenvalue weighted by Crippen LogP contribution is 2.36. The van der Waals surface area contributed by atoms with Gasteiger partial charge in [0.05, 0.1) is 45.3 Å². The normalized spacial score (nSPS) is 23.5. The van der Waals surface area contributed by atoms with Crippen LogP contribution in [0.15, 0.2) is 29.1 Å². The van der Waals surface area contributed by atoms with Crippen molar-refractivity contribution in [3.8, 4) is 17.0 Å². The second-order valence-corrected chi connectivity index (χ2v) is 7.95. The topological polar surface area (TPSA) is 68.2 Å². The maximum absolute atomic E-state index is 12.8. The first kappa shape index (κ1) is 19.8. The van der Waals surface area contributed by atoms with E-state index < -0.39 is 0 Å². The van der Waals surface area contributed by atoms with E-state index in [2.05, 4.69) is 18.2 Å². The number of hydrogen-bond acceptors (Lipinski definition) is 6. The van der Waals surface area contributed by atoms with Gasteiger partial charge in [-0.05, 0) is 24.5 Å². The van der Waals surface area contributed by atoms with Crippen molar-refractivity contribution < 1.29 is 23.7 Å². The van der Waals surface area contributed by atoms with Crippen LogP contribution in [-0.4, -0.2) is 56.9 Å². The lowest BCUT2D eigenvalue weighted by molar-refractivity contribution is -0.101. The molecule has 0 radical (unpaired) electrons. The van der Waals surface area contributed by atoms with Crippen molar-refractivity contribution in [3.05, 3.63) is 51.3 Å². The first-order valence-corrected chi connectivity index (χ1v) is 10.6. The zero-order valence-corrected chi connectivity index (χ0v) is 17.2. The minimum Gasteiger partial charge on any atom is -0.490 e. The Morgan fingerprint density at radius 2 is 1.90 bits per heavy atom. The molecule has 160 valence electrons. The lowest BCUT2D eigenvalue weighted by atomic mass is 9.91. The van der Waals surface area contributed by atoms with Crippen molar-refractivity contribution in [2.75, 3.05) is 46.2 Å². The fraction of sp³-hybridized carbons (Fsp3) is 0.522. The second kappa shape index (κ2) is 8.51. The number of pyridine rings is 1. The number of benzene rings is 1. The fourth-order valence-corrected chi connectivity index (χ4v) is 4.43. The molecule has 0 aliphatic carbocycles. The zero-order valence-electron chi connectivity index (χ0n) is 17.2. The number of ether oxygens (including phenoxy) is 5. The Balaban J connectivity index is 1.45. The van der Waals surface area contributed by atoms with Crippen molar-refractivity contribution >= 4 is 0 Å². The van der Waals surface area contributed by atoms with Crippen molar-refractivity contribution in [2.45, 2.75) is 32.1 Å². The van der Waals surface area contributed by atoms with Crippen molar-refractivity contribution in [2.24, 2.45) is 0 Å². The molecule has 1 unspecified atom stereocenters. The summed E-state index contributed by atoms with van der Waals surface area (Å²) in [5.41, 5.74) is 5.31. The lowest BCUT2D eigenvalue weighted by Crippen LogP contribution is -2.34. The molecule has 3 aliphatic rings. The number of aryl methyl sites for hydroxylation is 1. The first-order chi connectivity index (χ1) is 14.7. The predicted octanol–water partition coefficient (Wildman–Crippen LogP) is 2.26. The molecule has 7 heteroatoms. The van der Waals surface area contributed by atoms with Crippen LogP contribution in [0.3, 0.4) is 0 Å². The van der Waals surface area contributed by atoms with E-state index >= 15 is 0 Å². The lowest BCUT2D eigenvalue weighted by Gasteiger charge is -2.28. The van der Waals surface area contributed by atoms with Crippen LogP contribution in [0.1, 0.15) is 22.8 Å². The standard InChI is InChI=1S/C23H27NO6/c1-15-20(30-13-18-12-26-6-8-28-18)11-22(25)24-5-4-16-10-17(2-3-19(16)23(15)24)21-14-27-7-9-29-21/h2-3,10-11,18,21H,4-9,12-14H2,1H3/t18-,21?/m0/s1. The number of nitrogens with zero attached hydrogens (tertiary/aromatic N) is 1. The molecule has 0 amide bonds. The summed E-state index contributed by atoms with van der Waals surface area (Å²) < 4.78 is 30.4. The van der Waals surface area contributed by atoms with E-state index in [1.54, 1.807) is 6.07 Å². The molecule has 0 spiro atoms. The first-order valence-electron chi connectivity index (χ1n) is 10.6. The second-order valence-electron chi connectivity index (χ2n) is 7.95. The quantitative estimate of drug-likeness (QED) is 0.766. The summed E-state index contributed by atoms with van der Waals surface area (Å²) in [6, 6.07) is 7.97. The molecule has 2 fully saturated rings. The van der Waals surface area contributed by atoms with Gasteiger partial charge in [0, 0.05) is 23.7 Å². The van der Waals surface area contributed by atoms with Crippen molar-refractivity contribution in [1.29, 1.82) is 0 Å². The van der Waals surface area contributed by atoms with Gasteiger partial charge in [-0.25, -0.2) is 0 Å². The smallest absolute Gasteiger partial charge is 0.254 e. The van der Waals surface area contributed by atoms with E-state index in [9.17, 15) is 4.79 Å². The number of aromatic nitrogens is 1. The van der Waals surface area contributed by atoms with Crippen LogP contribution in [-0.2, 0) is 31.9 Å². The third-order valence-electron chi connectivity index (χ3n) is 6.00. The molecule has 2 saturated heterocycles. The molecule has 1 aromatic heterocycles. The monoisotopic (exact) mass is 413 g/mol. The highest BCUT2D eigenvalue weighted by molar-refractivity contribution is 5.71. The Kier molecular flexibility index (Phi) is 5.60. The van der Waals surface area contributed by atoms with Crippen LogP contribution in [0, 0.1) is 6.92 Å². The van der Waals surface area contributed by atoms with E-state index in [1.807, 2.05) is 11.5 Å². The minimum atomic E-state index is -0.107. The van der Waals surface area contributed by atoms with E-state index in [0.29, 0.717) is 58.5 Å². The summed E-state index contributed by atoms with van der Waals surface area (Å²) in [4.78, 5) is 12.8.